The van der Waals surface area contributed by atoms with Crippen LogP contribution in [0.1, 0.15) is 24.4 Å². The molecule has 2 N–H and O–H groups in total. The van der Waals surface area contributed by atoms with E-state index in [0.717, 1.165) is 19.0 Å². The highest BCUT2D eigenvalue weighted by molar-refractivity contribution is 6.32. The fraction of sp³-hybridized carbons (Fsp3) is 0.417. The number of rotatable bonds is 4. The molecule has 2 aromatic rings. The molecule has 0 aromatic carbocycles. The predicted octanol–water partition coefficient (Wildman–Crippen LogP) is 3.47. The average Bonchev–Trinajstić information content (AvgIpc) is 3.24. The summed E-state index contributed by atoms with van der Waals surface area (Å²) in [7, 11) is 1.36. The van der Waals surface area contributed by atoms with Crippen molar-refractivity contribution in [2.75, 3.05) is 17.7 Å². The SMILES string of the molecule is CNc1nc(Nc2cnn(C3CC3)c2Cl)ncc1C(F)(F)F. The fourth-order valence-corrected chi connectivity index (χ4v) is 2.24. The number of halogens is 4. The van der Waals surface area contributed by atoms with Gasteiger partial charge in [-0.15, -0.1) is 0 Å². The summed E-state index contributed by atoms with van der Waals surface area (Å²) in [5.41, 5.74) is -0.476. The van der Waals surface area contributed by atoms with Gasteiger partial charge < -0.3 is 10.6 Å². The van der Waals surface area contributed by atoms with Gasteiger partial charge >= 0.3 is 6.18 Å². The Labute approximate surface area is 128 Å². The normalized spacial score (nSPS) is 15.0. The second kappa shape index (κ2) is 5.31. The van der Waals surface area contributed by atoms with Crippen molar-refractivity contribution in [3.8, 4) is 0 Å². The van der Waals surface area contributed by atoms with Crippen LogP contribution < -0.4 is 10.6 Å². The Morgan fingerprint density at radius 3 is 2.64 bits per heavy atom. The lowest BCUT2D eigenvalue weighted by Gasteiger charge is -2.12. The Kier molecular flexibility index (Phi) is 3.59. The molecule has 1 fully saturated rings. The van der Waals surface area contributed by atoms with Gasteiger partial charge in [-0.3, -0.25) is 0 Å². The number of nitrogens with zero attached hydrogens (tertiary/aromatic N) is 4. The van der Waals surface area contributed by atoms with Crippen molar-refractivity contribution in [3.05, 3.63) is 23.1 Å². The maximum atomic E-state index is 12.8. The summed E-state index contributed by atoms with van der Waals surface area (Å²) in [5, 5.41) is 9.73. The second-order valence-corrected chi connectivity index (χ2v) is 5.21. The van der Waals surface area contributed by atoms with Crippen LogP contribution in [0.5, 0.6) is 0 Å². The van der Waals surface area contributed by atoms with Gasteiger partial charge in [-0.2, -0.15) is 23.3 Å². The van der Waals surface area contributed by atoms with Gasteiger partial charge in [-0.1, -0.05) is 11.6 Å². The van der Waals surface area contributed by atoms with E-state index in [1.54, 1.807) is 4.68 Å². The molecule has 0 unspecified atom stereocenters. The van der Waals surface area contributed by atoms with Crippen molar-refractivity contribution >= 4 is 29.1 Å². The molecule has 0 amide bonds. The van der Waals surface area contributed by atoms with E-state index in [1.807, 2.05) is 0 Å². The number of alkyl halides is 3. The smallest absolute Gasteiger partial charge is 0.372 e. The van der Waals surface area contributed by atoms with E-state index in [-0.39, 0.29) is 11.8 Å². The molecule has 1 aliphatic rings. The van der Waals surface area contributed by atoms with Crippen LogP contribution in [0.3, 0.4) is 0 Å². The van der Waals surface area contributed by atoms with Crippen LogP contribution in [0.4, 0.5) is 30.6 Å². The van der Waals surface area contributed by atoms with Crippen molar-refractivity contribution in [1.82, 2.24) is 19.7 Å². The minimum Gasteiger partial charge on any atom is -0.372 e. The molecule has 2 heterocycles. The molecule has 0 saturated heterocycles. The first-order chi connectivity index (χ1) is 10.4. The maximum Gasteiger partial charge on any atom is 0.421 e. The Hall–Kier alpha value is -2.03. The second-order valence-electron chi connectivity index (χ2n) is 4.85. The number of anilines is 3. The van der Waals surface area contributed by atoms with E-state index in [9.17, 15) is 13.2 Å². The zero-order valence-electron chi connectivity index (χ0n) is 11.4. The minimum atomic E-state index is -4.52. The first-order valence-corrected chi connectivity index (χ1v) is 6.90. The summed E-state index contributed by atoms with van der Waals surface area (Å²) in [5.74, 6) is -0.301. The highest BCUT2D eigenvalue weighted by Crippen LogP contribution is 2.39. The molecule has 118 valence electrons. The molecule has 0 aliphatic heterocycles. The molecule has 0 radical (unpaired) electrons. The van der Waals surface area contributed by atoms with E-state index in [1.165, 1.54) is 13.2 Å². The van der Waals surface area contributed by atoms with E-state index in [4.69, 9.17) is 11.6 Å². The van der Waals surface area contributed by atoms with E-state index < -0.39 is 11.7 Å². The third-order valence-electron chi connectivity index (χ3n) is 3.20. The molecular weight excluding hydrogens is 321 g/mol. The minimum absolute atomic E-state index is 0.00889. The molecule has 1 saturated carbocycles. The molecule has 0 spiro atoms. The third kappa shape index (κ3) is 2.80. The average molecular weight is 333 g/mol. The number of hydrogen-bond acceptors (Lipinski definition) is 5. The largest absolute Gasteiger partial charge is 0.421 e. The summed E-state index contributed by atoms with van der Waals surface area (Å²) >= 11 is 6.17. The summed E-state index contributed by atoms with van der Waals surface area (Å²) in [6.07, 6.45) is -0.268. The standard InChI is InChI=1S/C12H12ClF3N6/c1-17-10-7(12(14,15)16)4-18-11(21-10)20-8-5-19-22(9(8)13)6-2-3-6/h4-6H,2-3H2,1H3,(H2,17,18,20,21). The molecule has 3 rings (SSSR count). The van der Waals surface area contributed by atoms with Crippen LogP contribution >= 0.6 is 11.6 Å². The molecule has 2 aromatic heterocycles. The van der Waals surface area contributed by atoms with E-state index in [2.05, 4.69) is 25.7 Å². The van der Waals surface area contributed by atoms with Gasteiger partial charge in [0.1, 0.15) is 11.4 Å². The van der Waals surface area contributed by atoms with Crippen LogP contribution in [0.2, 0.25) is 5.15 Å². The van der Waals surface area contributed by atoms with Gasteiger partial charge in [0.15, 0.2) is 5.15 Å². The summed E-state index contributed by atoms with van der Waals surface area (Å²) < 4.78 is 40.0. The molecule has 22 heavy (non-hydrogen) atoms. The van der Waals surface area contributed by atoms with Crippen LogP contribution in [0.25, 0.3) is 0 Å². The van der Waals surface area contributed by atoms with Crippen molar-refractivity contribution in [3.63, 3.8) is 0 Å². The highest BCUT2D eigenvalue weighted by atomic mass is 35.5. The quantitative estimate of drug-likeness (QED) is 0.897. The monoisotopic (exact) mass is 332 g/mol. The maximum absolute atomic E-state index is 12.8. The lowest BCUT2D eigenvalue weighted by molar-refractivity contribution is -0.137. The Morgan fingerprint density at radius 2 is 2.05 bits per heavy atom. The highest BCUT2D eigenvalue weighted by Gasteiger charge is 2.35. The van der Waals surface area contributed by atoms with Crippen molar-refractivity contribution in [2.45, 2.75) is 25.1 Å². The van der Waals surface area contributed by atoms with E-state index >= 15 is 0 Å². The first-order valence-electron chi connectivity index (χ1n) is 6.52. The fourth-order valence-electron chi connectivity index (χ4n) is 1.97. The van der Waals surface area contributed by atoms with Crippen molar-refractivity contribution in [1.29, 1.82) is 0 Å². The van der Waals surface area contributed by atoms with Gasteiger partial charge in [0, 0.05) is 13.2 Å². The van der Waals surface area contributed by atoms with Crippen molar-refractivity contribution < 1.29 is 13.2 Å². The first kappa shape index (κ1) is 14.9. The van der Waals surface area contributed by atoms with Crippen LogP contribution in [-0.2, 0) is 6.18 Å². The molecule has 0 bridgehead atoms. The lowest BCUT2D eigenvalue weighted by Crippen LogP contribution is -2.12. The van der Waals surface area contributed by atoms with Crippen LogP contribution in [-0.4, -0.2) is 26.8 Å². The number of aromatic nitrogens is 4. The molecule has 1 aliphatic carbocycles. The van der Waals surface area contributed by atoms with Gasteiger partial charge in [0.25, 0.3) is 0 Å². The zero-order valence-corrected chi connectivity index (χ0v) is 12.2. The summed E-state index contributed by atoms with van der Waals surface area (Å²) in [6.45, 7) is 0. The molecule has 6 nitrogen and oxygen atoms in total. The summed E-state index contributed by atoms with van der Waals surface area (Å²) in [4.78, 5) is 7.50. The van der Waals surface area contributed by atoms with Gasteiger partial charge in [0.2, 0.25) is 5.95 Å². The zero-order chi connectivity index (χ0) is 15.9. The topological polar surface area (TPSA) is 67.7 Å². The Balaban J connectivity index is 1.86. The summed E-state index contributed by atoms with van der Waals surface area (Å²) in [6, 6.07) is 0.296. The predicted molar refractivity (Wildman–Crippen MR) is 75.4 cm³/mol. The number of hydrogen-bond donors (Lipinski definition) is 2. The van der Waals surface area contributed by atoms with Crippen LogP contribution in [0, 0.1) is 0 Å². The van der Waals surface area contributed by atoms with Crippen molar-refractivity contribution in [2.24, 2.45) is 0 Å². The molecule has 0 atom stereocenters. The lowest BCUT2D eigenvalue weighted by atomic mass is 10.3. The number of nitrogens with one attached hydrogen (secondary N) is 2. The van der Waals surface area contributed by atoms with Crippen LogP contribution in [0.15, 0.2) is 12.4 Å². The van der Waals surface area contributed by atoms with Gasteiger partial charge in [0.05, 0.1) is 17.9 Å². The molecule has 10 heteroatoms. The van der Waals surface area contributed by atoms with E-state index in [0.29, 0.717) is 16.9 Å². The van der Waals surface area contributed by atoms with Gasteiger partial charge in [-0.25, -0.2) is 9.67 Å². The van der Waals surface area contributed by atoms with Gasteiger partial charge in [-0.05, 0) is 12.8 Å². The third-order valence-corrected chi connectivity index (χ3v) is 3.58. The Bertz CT molecular complexity index is 695. The molecular formula is C12H12ClF3N6. The Morgan fingerprint density at radius 1 is 1.32 bits per heavy atom.